The van der Waals surface area contributed by atoms with Gasteiger partial charge in [0.05, 0.1) is 6.61 Å². The molecule has 0 bridgehead atoms. The van der Waals surface area contributed by atoms with Crippen molar-refractivity contribution in [3.63, 3.8) is 0 Å². The number of carbonyl (C=O) groups is 2. The SMILES string of the molecule is CC(C)(C)NC(=O)OCCCc1nnc(-c2ccc(NC(=O)C(C)(C)C)cc2)nn1. The standard InChI is InChI=1S/C21H30N6O3/c1-20(2,3)18(28)22-15-11-9-14(10-12-15)17-26-24-16(25-27-17)8-7-13-30-19(29)23-21(4,5)6/h9-12H,7-8,13H2,1-6H3,(H,22,28)(H,23,29). The van der Waals surface area contributed by atoms with Crippen LogP contribution in [0.3, 0.4) is 0 Å². The maximum absolute atomic E-state index is 12.0. The smallest absolute Gasteiger partial charge is 0.407 e. The summed E-state index contributed by atoms with van der Waals surface area (Å²) in [5.41, 5.74) is 0.650. The van der Waals surface area contributed by atoms with Crippen molar-refractivity contribution >= 4 is 17.7 Å². The van der Waals surface area contributed by atoms with E-state index in [1.807, 2.05) is 41.5 Å². The highest BCUT2D eigenvalue weighted by atomic mass is 16.5. The number of hydrogen-bond donors (Lipinski definition) is 2. The summed E-state index contributed by atoms with van der Waals surface area (Å²) in [5, 5.41) is 22.0. The molecule has 0 aliphatic rings. The van der Waals surface area contributed by atoms with E-state index in [1.54, 1.807) is 24.3 Å². The average molecular weight is 415 g/mol. The molecule has 0 unspecified atom stereocenters. The summed E-state index contributed by atoms with van der Waals surface area (Å²) in [5.74, 6) is 0.819. The van der Waals surface area contributed by atoms with Crippen LogP contribution in [0.4, 0.5) is 10.5 Å². The van der Waals surface area contributed by atoms with Crippen molar-refractivity contribution in [3.8, 4) is 11.4 Å². The molecule has 9 heteroatoms. The summed E-state index contributed by atoms with van der Waals surface area (Å²) in [7, 11) is 0. The second kappa shape index (κ2) is 9.60. The molecule has 2 rings (SSSR count). The molecule has 0 spiro atoms. The molecule has 0 saturated carbocycles. The van der Waals surface area contributed by atoms with Crippen LogP contribution < -0.4 is 10.6 Å². The fraction of sp³-hybridized carbons (Fsp3) is 0.524. The van der Waals surface area contributed by atoms with Crippen LogP contribution in [0, 0.1) is 5.41 Å². The fourth-order valence-electron chi connectivity index (χ4n) is 2.22. The number of nitrogens with zero attached hydrogens (tertiary/aromatic N) is 4. The lowest BCUT2D eigenvalue weighted by atomic mass is 9.95. The van der Waals surface area contributed by atoms with Gasteiger partial charge in [-0.2, -0.15) is 0 Å². The molecule has 162 valence electrons. The second-order valence-electron chi connectivity index (χ2n) is 9.04. The van der Waals surface area contributed by atoms with Crippen LogP contribution in [0.15, 0.2) is 24.3 Å². The zero-order valence-corrected chi connectivity index (χ0v) is 18.4. The van der Waals surface area contributed by atoms with Crippen LogP contribution in [0.2, 0.25) is 0 Å². The third-order valence-electron chi connectivity index (χ3n) is 3.86. The van der Waals surface area contributed by atoms with E-state index in [9.17, 15) is 9.59 Å². The first kappa shape index (κ1) is 23.2. The third kappa shape index (κ3) is 7.73. The normalized spacial score (nSPS) is 11.7. The quantitative estimate of drug-likeness (QED) is 0.696. The van der Waals surface area contributed by atoms with Crippen molar-refractivity contribution in [1.82, 2.24) is 25.7 Å². The van der Waals surface area contributed by atoms with Crippen LogP contribution in [0.5, 0.6) is 0 Å². The summed E-state index contributed by atoms with van der Waals surface area (Å²) in [6.45, 7) is 11.5. The summed E-state index contributed by atoms with van der Waals surface area (Å²) in [6.07, 6.45) is 0.626. The van der Waals surface area contributed by atoms with Crippen molar-refractivity contribution < 1.29 is 14.3 Å². The monoisotopic (exact) mass is 414 g/mol. The molecule has 2 aromatic rings. The number of rotatable bonds is 6. The van der Waals surface area contributed by atoms with Crippen molar-refractivity contribution in [2.75, 3.05) is 11.9 Å². The van der Waals surface area contributed by atoms with Gasteiger partial charge in [-0.3, -0.25) is 4.79 Å². The number of alkyl carbamates (subject to hydrolysis) is 1. The molecule has 1 aromatic carbocycles. The molecule has 0 aliphatic heterocycles. The van der Waals surface area contributed by atoms with Gasteiger partial charge < -0.3 is 15.4 Å². The predicted octanol–water partition coefficient (Wildman–Crippen LogP) is 3.38. The molecular weight excluding hydrogens is 384 g/mol. The number of ether oxygens (including phenoxy) is 1. The zero-order valence-electron chi connectivity index (χ0n) is 18.4. The van der Waals surface area contributed by atoms with Crippen molar-refractivity contribution in [2.24, 2.45) is 5.41 Å². The number of carbonyl (C=O) groups excluding carboxylic acids is 2. The van der Waals surface area contributed by atoms with Gasteiger partial charge in [0, 0.05) is 28.6 Å². The number of hydrogen-bond acceptors (Lipinski definition) is 7. The highest BCUT2D eigenvalue weighted by molar-refractivity contribution is 5.94. The molecule has 0 fully saturated rings. The Balaban J connectivity index is 1.84. The van der Waals surface area contributed by atoms with Gasteiger partial charge in [0.1, 0.15) is 0 Å². The van der Waals surface area contributed by atoms with Crippen LogP contribution in [-0.4, -0.2) is 44.5 Å². The highest BCUT2D eigenvalue weighted by Crippen LogP contribution is 2.20. The van der Waals surface area contributed by atoms with Gasteiger partial charge in [-0.05, 0) is 51.5 Å². The van der Waals surface area contributed by atoms with E-state index in [4.69, 9.17) is 4.74 Å². The number of amides is 2. The number of anilines is 1. The van der Waals surface area contributed by atoms with Crippen LogP contribution in [0.25, 0.3) is 11.4 Å². The molecule has 0 radical (unpaired) electrons. The fourth-order valence-corrected chi connectivity index (χ4v) is 2.22. The molecule has 2 N–H and O–H groups in total. The van der Waals surface area contributed by atoms with Crippen molar-refractivity contribution in [2.45, 2.75) is 59.9 Å². The Labute approximate surface area is 177 Å². The third-order valence-corrected chi connectivity index (χ3v) is 3.86. The average Bonchev–Trinajstić information content (AvgIpc) is 2.64. The lowest BCUT2D eigenvalue weighted by Crippen LogP contribution is -2.41. The van der Waals surface area contributed by atoms with Gasteiger partial charge in [0.25, 0.3) is 0 Å². The maximum atomic E-state index is 12.0. The summed E-state index contributed by atoms with van der Waals surface area (Å²) < 4.78 is 5.12. The number of aromatic nitrogens is 4. The molecule has 1 heterocycles. The summed E-state index contributed by atoms with van der Waals surface area (Å²) >= 11 is 0. The Morgan fingerprint density at radius 2 is 1.53 bits per heavy atom. The van der Waals surface area contributed by atoms with Gasteiger partial charge in [-0.25, -0.2) is 4.79 Å². The van der Waals surface area contributed by atoms with Gasteiger partial charge in [-0.1, -0.05) is 20.8 Å². The highest BCUT2D eigenvalue weighted by Gasteiger charge is 2.21. The van der Waals surface area contributed by atoms with Gasteiger partial charge in [0.15, 0.2) is 5.82 Å². The number of benzene rings is 1. The minimum absolute atomic E-state index is 0.0564. The summed E-state index contributed by atoms with van der Waals surface area (Å²) in [6, 6.07) is 7.18. The second-order valence-corrected chi connectivity index (χ2v) is 9.04. The van der Waals surface area contributed by atoms with E-state index in [0.29, 0.717) is 30.2 Å². The Bertz CT molecular complexity index is 852. The molecule has 0 saturated heterocycles. The molecule has 30 heavy (non-hydrogen) atoms. The summed E-state index contributed by atoms with van der Waals surface area (Å²) in [4.78, 5) is 23.6. The molecule has 0 aliphatic carbocycles. The minimum Gasteiger partial charge on any atom is -0.450 e. The zero-order chi connectivity index (χ0) is 22.4. The molecule has 2 amide bonds. The van der Waals surface area contributed by atoms with E-state index in [-0.39, 0.29) is 18.1 Å². The van der Waals surface area contributed by atoms with Crippen LogP contribution in [-0.2, 0) is 16.0 Å². The van der Waals surface area contributed by atoms with Crippen LogP contribution in [0.1, 0.15) is 53.8 Å². The van der Waals surface area contributed by atoms with Gasteiger partial charge in [0.2, 0.25) is 11.7 Å². The Hall–Kier alpha value is -3.10. The first-order valence-electron chi connectivity index (χ1n) is 9.87. The lowest BCUT2D eigenvalue weighted by molar-refractivity contribution is -0.123. The Morgan fingerprint density at radius 1 is 0.933 bits per heavy atom. The Morgan fingerprint density at radius 3 is 2.07 bits per heavy atom. The van der Waals surface area contributed by atoms with Gasteiger partial charge >= 0.3 is 6.09 Å². The molecule has 1 aromatic heterocycles. The Kier molecular flexibility index (Phi) is 7.42. The maximum Gasteiger partial charge on any atom is 0.407 e. The van der Waals surface area contributed by atoms with E-state index in [2.05, 4.69) is 31.0 Å². The largest absolute Gasteiger partial charge is 0.450 e. The van der Waals surface area contributed by atoms with Crippen molar-refractivity contribution in [3.05, 3.63) is 30.1 Å². The number of nitrogens with one attached hydrogen (secondary N) is 2. The van der Waals surface area contributed by atoms with Crippen molar-refractivity contribution in [1.29, 1.82) is 0 Å². The first-order chi connectivity index (χ1) is 13.9. The number of aryl methyl sites for hydroxylation is 1. The molecule has 9 nitrogen and oxygen atoms in total. The lowest BCUT2D eigenvalue weighted by Gasteiger charge is -2.19. The van der Waals surface area contributed by atoms with E-state index >= 15 is 0 Å². The topological polar surface area (TPSA) is 119 Å². The minimum atomic E-state index is -0.465. The van der Waals surface area contributed by atoms with Gasteiger partial charge in [-0.15, -0.1) is 20.4 Å². The van der Waals surface area contributed by atoms with E-state index in [1.165, 1.54) is 0 Å². The first-order valence-corrected chi connectivity index (χ1v) is 9.87. The molecular formula is C21H30N6O3. The molecule has 0 atom stereocenters. The van der Waals surface area contributed by atoms with E-state index < -0.39 is 11.5 Å². The van der Waals surface area contributed by atoms with Crippen LogP contribution >= 0.6 is 0 Å². The predicted molar refractivity (Wildman–Crippen MR) is 114 cm³/mol. The van der Waals surface area contributed by atoms with E-state index in [0.717, 1.165) is 5.56 Å².